The third-order valence-corrected chi connectivity index (χ3v) is 18.8. The smallest absolute Gasteiger partial charge is 0.410 e. The molecule has 4 rings (SSSR count). The fourth-order valence-electron chi connectivity index (χ4n) is 11.5. The topological polar surface area (TPSA) is 272 Å². The summed E-state index contributed by atoms with van der Waals surface area (Å²) in [6.07, 6.45) is 2.21. The number of imide groups is 1. The summed E-state index contributed by atoms with van der Waals surface area (Å²) in [7, 11) is 6.20. The molecule has 2 aromatic rings. The number of rotatable bonds is 34. The van der Waals surface area contributed by atoms with Crippen molar-refractivity contribution >= 4 is 96.8 Å². The van der Waals surface area contributed by atoms with Gasteiger partial charge in [-0.05, 0) is 125 Å². The molecule has 0 radical (unpaired) electrons. The summed E-state index contributed by atoms with van der Waals surface area (Å²) in [6, 6.07) is 11.4. The number of nitrogens with one attached hydrogen (secondary N) is 5. The van der Waals surface area contributed by atoms with E-state index in [1.807, 2.05) is 71.9 Å². The second-order valence-electron chi connectivity index (χ2n) is 24.7. The lowest BCUT2D eigenvalue weighted by Gasteiger charge is -2.41. The van der Waals surface area contributed by atoms with Crippen LogP contribution >= 0.6 is 31.9 Å². The van der Waals surface area contributed by atoms with Gasteiger partial charge in [-0.15, -0.1) is 0 Å². The molecule has 0 spiro atoms. The van der Waals surface area contributed by atoms with Crippen molar-refractivity contribution in [2.75, 3.05) is 46.7 Å². The summed E-state index contributed by atoms with van der Waals surface area (Å²) in [6.45, 7) is 20.6. The lowest BCUT2D eigenvalue weighted by atomic mass is 9.89. The Balaban J connectivity index is 1.31. The Morgan fingerprint density at radius 1 is 0.674 bits per heavy atom. The average Bonchev–Trinajstić information content (AvgIpc) is 2.60. The van der Waals surface area contributed by atoms with E-state index in [1.165, 1.54) is 26.0 Å². The van der Waals surface area contributed by atoms with E-state index >= 15 is 0 Å². The van der Waals surface area contributed by atoms with Gasteiger partial charge in [-0.2, -0.15) is 0 Å². The van der Waals surface area contributed by atoms with Gasteiger partial charge in [0.2, 0.25) is 41.4 Å². The van der Waals surface area contributed by atoms with E-state index in [0.717, 1.165) is 16.9 Å². The number of carbonyl (C=O) groups is 10. The monoisotopic (exact) mass is 1370 g/mol. The number of methoxy groups -OCH3 is 2. The van der Waals surface area contributed by atoms with Crippen LogP contribution in [0.5, 0.6) is 0 Å². The molecule has 2 heterocycles. The highest BCUT2D eigenvalue weighted by Crippen LogP contribution is 2.32. The van der Waals surface area contributed by atoms with Gasteiger partial charge in [-0.1, -0.05) is 118 Å². The van der Waals surface area contributed by atoms with Gasteiger partial charge in [0.25, 0.3) is 11.8 Å². The minimum Gasteiger partial charge on any atom is -0.445 e. The number of anilines is 1. The van der Waals surface area contributed by atoms with E-state index in [0.29, 0.717) is 56.3 Å². The number of hydrogen-bond acceptors (Lipinski definition) is 13. The SMILES string of the molecule is CC[C@@H](C)[C@@H]([C@@H](CC(=O)N1CCC[C@H]1[C@H](OC)[C@@H](C)C(=O)N[C@@H](C)Cc1ccccc1)OC)N(C)C(=O)[C@@H](NC(=O)C(C(C)C)N(C)C(=O)OCc1ccc(NC(=O)[C@@H](C)NC(=O)C(NC(=O)CCCCCN2C(=O)C(Br)=C(Br)C2=O)C(C)C)cc1)C(C)C. The van der Waals surface area contributed by atoms with E-state index in [4.69, 9.17) is 14.2 Å². The maximum absolute atomic E-state index is 14.8. The van der Waals surface area contributed by atoms with E-state index in [1.54, 1.807) is 75.9 Å². The van der Waals surface area contributed by atoms with Crippen LogP contribution in [0.15, 0.2) is 63.6 Å². The van der Waals surface area contributed by atoms with Crippen molar-refractivity contribution in [3.05, 3.63) is 74.7 Å². The Bertz CT molecular complexity index is 2760. The fraction of sp³-hybridized carbons (Fsp3) is 0.631. The van der Waals surface area contributed by atoms with Gasteiger partial charge in [0.1, 0.15) is 39.7 Å². The molecule has 0 aliphatic carbocycles. The zero-order valence-corrected chi connectivity index (χ0v) is 57.8. The summed E-state index contributed by atoms with van der Waals surface area (Å²) in [5.41, 5.74) is 2.08. The molecule has 2 unspecified atom stereocenters. The molecule has 10 amide bonds. The number of ether oxygens (including phenoxy) is 3. The minimum absolute atomic E-state index is 0.0457. The Hall–Kier alpha value is -6.24. The molecule has 0 aromatic heterocycles. The molecule has 494 valence electrons. The molecule has 24 heteroatoms. The summed E-state index contributed by atoms with van der Waals surface area (Å²) in [4.78, 5) is 140. The van der Waals surface area contributed by atoms with Crippen molar-refractivity contribution in [1.82, 2.24) is 40.9 Å². The number of likely N-dealkylation sites (N-methyl/N-ethyl adjacent to an activating group) is 2. The first-order valence-corrected chi connectivity index (χ1v) is 32.6. The van der Waals surface area contributed by atoms with E-state index in [2.05, 4.69) is 58.4 Å². The summed E-state index contributed by atoms with van der Waals surface area (Å²) < 4.78 is 18.1. The van der Waals surface area contributed by atoms with Gasteiger partial charge in [0.05, 0.1) is 36.6 Å². The second-order valence-corrected chi connectivity index (χ2v) is 26.3. The molecular formula is C65H97Br2N9O13. The zero-order valence-electron chi connectivity index (χ0n) is 54.6. The molecule has 11 atom stereocenters. The first-order chi connectivity index (χ1) is 42.0. The number of nitrogens with zero attached hydrogens (tertiary/aromatic N) is 4. The highest BCUT2D eigenvalue weighted by Gasteiger charge is 2.44. The molecule has 2 aliphatic heterocycles. The van der Waals surface area contributed by atoms with Crippen molar-refractivity contribution in [3.8, 4) is 0 Å². The highest BCUT2D eigenvalue weighted by atomic mass is 79.9. The maximum atomic E-state index is 14.8. The van der Waals surface area contributed by atoms with Gasteiger partial charge in [0, 0.05) is 59.6 Å². The van der Waals surface area contributed by atoms with Crippen molar-refractivity contribution in [1.29, 1.82) is 0 Å². The lowest BCUT2D eigenvalue weighted by molar-refractivity contribution is -0.148. The minimum atomic E-state index is -1.05. The van der Waals surface area contributed by atoms with Crippen molar-refractivity contribution in [2.45, 2.75) is 195 Å². The Morgan fingerprint density at radius 2 is 1.29 bits per heavy atom. The number of amides is 10. The number of likely N-dealkylation sites (tertiary alicyclic amines) is 1. The van der Waals surface area contributed by atoms with Crippen LogP contribution in [0.3, 0.4) is 0 Å². The third kappa shape index (κ3) is 21.2. The third-order valence-electron chi connectivity index (χ3n) is 16.8. The number of unbranched alkanes of at least 4 members (excludes halogenated alkanes) is 2. The predicted octanol–water partition coefficient (Wildman–Crippen LogP) is 7.60. The molecule has 0 bridgehead atoms. The van der Waals surface area contributed by atoms with Crippen molar-refractivity contribution in [2.24, 2.45) is 29.6 Å². The first kappa shape index (κ1) is 75.2. The first-order valence-electron chi connectivity index (χ1n) is 31.1. The van der Waals surface area contributed by atoms with Crippen LogP contribution in [0.2, 0.25) is 0 Å². The van der Waals surface area contributed by atoms with Gasteiger partial charge in [0.15, 0.2) is 0 Å². The molecule has 1 saturated heterocycles. The highest BCUT2D eigenvalue weighted by molar-refractivity contribution is 9.14. The molecule has 5 N–H and O–H groups in total. The number of carbonyl (C=O) groups excluding carboxylic acids is 10. The predicted molar refractivity (Wildman–Crippen MR) is 347 cm³/mol. The van der Waals surface area contributed by atoms with Crippen molar-refractivity contribution < 1.29 is 62.2 Å². The van der Waals surface area contributed by atoms with Gasteiger partial charge < -0.3 is 50.6 Å². The molecule has 22 nitrogen and oxygen atoms in total. The standard InChI is InChI=1S/C65H97Br2N9O13/c1-16-40(8)56(48(87-14)35-50(78)75-33-23-26-47(75)57(88-15)42(10)58(79)68-41(9)34-44-24-19-17-20-25-44)73(12)64(85)54(38(4)5)72-61(82)55(39(6)7)74(13)65(86)89-36-45-28-30-46(31-29-45)70-59(80)43(11)69-60(81)53(37(2)3)71-49(77)27-21-18-22-32-76-62(83)51(66)52(67)63(76)84/h17,19-20,24-25,28-31,37-43,47-48,53-57H,16,18,21-23,26-27,32-36H2,1-15H3,(H,68,79)(H,69,81)(H,70,80)(H,71,77)(H,72,82)/t40-,41+,42-,43-,47+,48-,53?,54+,55?,56+,57-/m1/s1. The van der Waals surface area contributed by atoms with Gasteiger partial charge in [-0.3, -0.25) is 53.0 Å². The molecule has 0 saturated carbocycles. The zero-order chi connectivity index (χ0) is 66.6. The normalized spacial score (nSPS) is 17.7. The van der Waals surface area contributed by atoms with Crippen LogP contribution in [0.1, 0.15) is 139 Å². The number of hydrogen-bond donors (Lipinski definition) is 5. The van der Waals surface area contributed by atoms with Gasteiger partial charge >= 0.3 is 6.09 Å². The molecular weight excluding hydrogens is 1270 g/mol. The Kier molecular flexibility index (Phi) is 30.4. The van der Waals surface area contributed by atoms with Crippen LogP contribution in [0.25, 0.3) is 0 Å². The van der Waals surface area contributed by atoms with E-state index < -0.39 is 102 Å². The average molecular weight is 1370 g/mol. The van der Waals surface area contributed by atoms with Crippen LogP contribution in [-0.4, -0.2) is 175 Å². The van der Waals surface area contributed by atoms with Crippen molar-refractivity contribution in [3.63, 3.8) is 0 Å². The van der Waals surface area contributed by atoms with E-state index in [9.17, 15) is 47.9 Å². The molecule has 89 heavy (non-hydrogen) atoms. The quantitative estimate of drug-likeness (QED) is 0.0334. The molecule has 2 aliphatic rings. The largest absolute Gasteiger partial charge is 0.445 e. The van der Waals surface area contributed by atoms with Crippen LogP contribution in [0, 0.1) is 29.6 Å². The summed E-state index contributed by atoms with van der Waals surface area (Å²) in [5, 5.41) is 14.3. The van der Waals surface area contributed by atoms with Crippen LogP contribution in [-0.2, 0) is 70.4 Å². The van der Waals surface area contributed by atoms with Crippen LogP contribution in [0.4, 0.5) is 10.5 Å². The molecule has 1 fully saturated rings. The van der Waals surface area contributed by atoms with Crippen LogP contribution < -0.4 is 26.6 Å². The lowest BCUT2D eigenvalue weighted by Crippen LogP contribution is -2.60. The maximum Gasteiger partial charge on any atom is 0.410 e. The fourth-order valence-corrected chi connectivity index (χ4v) is 12.3. The summed E-state index contributed by atoms with van der Waals surface area (Å²) in [5.74, 6) is -5.35. The molecule has 2 aromatic carbocycles. The number of halogens is 2. The van der Waals surface area contributed by atoms with Gasteiger partial charge in [-0.25, -0.2) is 4.79 Å². The Labute approximate surface area is 543 Å². The second kappa shape index (κ2) is 36.0. The van der Waals surface area contributed by atoms with E-state index in [-0.39, 0.29) is 76.6 Å². The number of benzene rings is 2. The Morgan fingerprint density at radius 3 is 1.85 bits per heavy atom. The summed E-state index contributed by atoms with van der Waals surface area (Å²) >= 11 is 6.21.